The summed E-state index contributed by atoms with van der Waals surface area (Å²) in [6.45, 7) is 1.85. The summed E-state index contributed by atoms with van der Waals surface area (Å²) in [6.07, 6.45) is 1.48. The highest BCUT2D eigenvalue weighted by molar-refractivity contribution is 9.13. The molecule has 1 aromatic heterocycles. The molecule has 0 spiro atoms. The molecule has 0 bridgehead atoms. The van der Waals surface area contributed by atoms with Crippen molar-refractivity contribution in [3.63, 3.8) is 0 Å². The zero-order valence-electron chi connectivity index (χ0n) is 14.6. The molecule has 2 unspecified atom stereocenters. The van der Waals surface area contributed by atoms with Crippen LogP contribution >= 0.6 is 67.0 Å². The Bertz CT molecular complexity index is 862. The Kier molecular flexibility index (Phi) is 6.79. The van der Waals surface area contributed by atoms with Crippen LogP contribution in [0.2, 0.25) is 0 Å². The molecule has 2 aliphatic heterocycles. The molecule has 1 fully saturated rings. The van der Waals surface area contributed by atoms with Crippen LogP contribution in [0.15, 0.2) is 21.4 Å². The fourth-order valence-corrected chi connectivity index (χ4v) is 5.18. The van der Waals surface area contributed by atoms with Gasteiger partial charge in [0.05, 0.1) is 0 Å². The van der Waals surface area contributed by atoms with Crippen molar-refractivity contribution in [2.24, 2.45) is 12.0 Å². The molecule has 1 aromatic rings. The van der Waals surface area contributed by atoms with Crippen molar-refractivity contribution < 1.29 is 14.7 Å². The van der Waals surface area contributed by atoms with Gasteiger partial charge >= 0.3 is 5.97 Å². The number of fused-ring (bicyclic) bond motifs is 1. The maximum Gasteiger partial charge on any atom is 0.352 e. The first kappa shape index (κ1) is 22.1. The number of hydrogen-bond acceptors (Lipinski definition) is 8. The van der Waals surface area contributed by atoms with Crippen LogP contribution in [0.1, 0.15) is 6.92 Å². The van der Waals surface area contributed by atoms with Gasteiger partial charge in [-0.3, -0.25) is 14.7 Å². The number of alkyl halides is 3. The number of β-lactam (4-membered cyclic amide) rings is 1. The number of carbonyl (C=O) groups excluding carboxylic acids is 1. The van der Waals surface area contributed by atoms with Crippen LogP contribution in [0.5, 0.6) is 0 Å². The molecule has 0 aliphatic carbocycles. The largest absolute Gasteiger partial charge is 0.477 e. The van der Waals surface area contributed by atoms with E-state index in [4.69, 9.17) is 11.6 Å². The smallest absolute Gasteiger partial charge is 0.352 e. The van der Waals surface area contributed by atoms with Crippen molar-refractivity contribution in [2.75, 3.05) is 11.5 Å². The molecule has 152 valence electrons. The average Bonchev–Trinajstić information content (AvgIpc) is 3.03. The highest BCUT2D eigenvalue weighted by atomic mass is 79.9. The van der Waals surface area contributed by atoms with Crippen LogP contribution in [0.4, 0.5) is 0 Å². The average molecular weight is 575 g/mol. The third kappa shape index (κ3) is 4.27. The minimum Gasteiger partial charge on any atom is -0.477 e. The molecule has 3 rings (SSSR count). The molecule has 0 aromatic carbocycles. The van der Waals surface area contributed by atoms with Gasteiger partial charge < -0.3 is 5.11 Å². The van der Waals surface area contributed by atoms with Crippen molar-refractivity contribution in [3.05, 3.63) is 11.3 Å². The number of thioether (sulfide) groups is 2. The van der Waals surface area contributed by atoms with Crippen molar-refractivity contribution >= 4 is 85.1 Å². The lowest BCUT2D eigenvalue weighted by Gasteiger charge is -2.48. The quantitative estimate of drug-likeness (QED) is 0.228. The molecule has 0 saturated carbocycles. The van der Waals surface area contributed by atoms with Gasteiger partial charge in [0, 0.05) is 29.6 Å². The van der Waals surface area contributed by atoms with Crippen LogP contribution in [0, 0.1) is 0 Å². The molecular formula is C14H15Br2ClN6O3S2. The van der Waals surface area contributed by atoms with Gasteiger partial charge in [0.15, 0.2) is 6.04 Å². The number of carboxylic acid groups (broad SMARTS) is 1. The van der Waals surface area contributed by atoms with Crippen LogP contribution in [-0.4, -0.2) is 79.8 Å². The highest BCUT2D eigenvalue weighted by Crippen LogP contribution is 2.43. The molecule has 14 heteroatoms. The van der Waals surface area contributed by atoms with Crippen LogP contribution in [0.25, 0.3) is 0 Å². The van der Waals surface area contributed by atoms with Crippen molar-refractivity contribution in [2.45, 2.75) is 32.1 Å². The number of tetrazole rings is 1. The number of halogens is 3. The van der Waals surface area contributed by atoms with E-state index in [1.165, 1.54) is 39.3 Å². The van der Waals surface area contributed by atoms with Gasteiger partial charge in [0.25, 0.3) is 5.91 Å². The summed E-state index contributed by atoms with van der Waals surface area (Å²) >= 11 is 15.8. The Morgan fingerprint density at radius 2 is 2.36 bits per heavy atom. The van der Waals surface area contributed by atoms with E-state index in [1.54, 1.807) is 7.05 Å². The maximum atomic E-state index is 12.6. The SMILES string of the molecule is CC(Br)C(Cl)(Br)C=N[C@@H]1C(=O)N2C(C(=O)O)=C(CSc3nnnn3C)CS[C@@H]12. The number of nitrogens with zero attached hydrogens (tertiary/aromatic N) is 6. The summed E-state index contributed by atoms with van der Waals surface area (Å²) in [6, 6.07) is -0.654. The number of amides is 1. The first-order chi connectivity index (χ1) is 13.1. The van der Waals surface area contributed by atoms with E-state index in [9.17, 15) is 14.7 Å². The molecule has 2 aliphatic rings. The lowest BCUT2D eigenvalue weighted by Crippen LogP contribution is -2.64. The second-order valence-corrected chi connectivity index (χ2v) is 11.9. The van der Waals surface area contributed by atoms with E-state index < -0.39 is 15.8 Å². The summed E-state index contributed by atoms with van der Waals surface area (Å²) in [4.78, 5) is 30.0. The molecule has 0 radical (unpaired) electrons. The van der Waals surface area contributed by atoms with E-state index in [0.717, 1.165) is 0 Å². The Morgan fingerprint density at radius 3 is 2.93 bits per heavy atom. The Morgan fingerprint density at radius 1 is 1.64 bits per heavy atom. The predicted molar refractivity (Wildman–Crippen MR) is 115 cm³/mol. The first-order valence-corrected chi connectivity index (χ1v) is 12.1. The van der Waals surface area contributed by atoms with Crippen LogP contribution in [-0.2, 0) is 16.6 Å². The molecule has 3 heterocycles. The normalized spacial score (nSPS) is 25.5. The fourth-order valence-electron chi connectivity index (χ4n) is 2.56. The minimum atomic E-state index is -1.13. The predicted octanol–water partition coefficient (Wildman–Crippen LogP) is 2.11. The van der Waals surface area contributed by atoms with Crippen LogP contribution in [0.3, 0.4) is 0 Å². The zero-order chi connectivity index (χ0) is 20.6. The van der Waals surface area contributed by atoms with E-state index in [2.05, 4.69) is 52.4 Å². The number of carboxylic acids is 1. The Balaban J connectivity index is 1.77. The van der Waals surface area contributed by atoms with E-state index in [0.29, 0.717) is 22.2 Å². The first-order valence-electron chi connectivity index (χ1n) is 7.95. The van der Waals surface area contributed by atoms with Gasteiger partial charge in [-0.2, -0.15) is 0 Å². The topological polar surface area (TPSA) is 114 Å². The molecule has 1 saturated heterocycles. The number of aryl methyl sites for hydroxylation is 1. The number of aliphatic carboxylic acids is 1. The minimum absolute atomic E-state index is 0.0210. The summed E-state index contributed by atoms with van der Waals surface area (Å²) in [7, 11) is 1.70. The fraction of sp³-hybridized carbons (Fsp3) is 0.571. The van der Waals surface area contributed by atoms with Crippen molar-refractivity contribution in [1.82, 2.24) is 25.1 Å². The standard InChI is InChI=1S/C14H15Br2ClN6O3S2/c1-6(15)14(16,17)5-18-8-10(24)23-9(12(25)26)7(3-27-11(8)23)4-28-13-19-20-21-22(13)2/h5-6,8,11H,3-4H2,1-2H3,(H,25,26)/t6?,8-,11+,14?/m1/s1. The lowest BCUT2D eigenvalue weighted by atomic mass is 10.0. The number of hydrogen-bond donors (Lipinski definition) is 1. The molecular weight excluding hydrogens is 560 g/mol. The summed E-state index contributed by atoms with van der Waals surface area (Å²) in [5.41, 5.74) is 0.673. The number of rotatable bonds is 7. The molecule has 28 heavy (non-hydrogen) atoms. The summed E-state index contributed by atoms with van der Waals surface area (Å²) in [5.74, 6) is -0.624. The monoisotopic (exact) mass is 572 g/mol. The molecule has 9 nitrogen and oxygen atoms in total. The molecule has 1 N–H and O–H groups in total. The number of aromatic nitrogens is 4. The third-order valence-electron chi connectivity index (χ3n) is 4.12. The van der Waals surface area contributed by atoms with Gasteiger partial charge in [-0.1, -0.05) is 55.2 Å². The maximum absolute atomic E-state index is 12.6. The number of carbonyl (C=O) groups is 2. The Labute approximate surface area is 191 Å². The Hall–Kier alpha value is -0.630. The zero-order valence-corrected chi connectivity index (χ0v) is 20.2. The second-order valence-electron chi connectivity index (χ2n) is 6.05. The van der Waals surface area contributed by atoms with E-state index in [-0.39, 0.29) is 21.8 Å². The molecule has 1 amide bonds. The third-order valence-corrected chi connectivity index (χ3v) is 9.45. The van der Waals surface area contributed by atoms with Gasteiger partial charge in [-0.05, 0) is 22.9 Å². The van der Waals surface area contributed by atoms with Gasteiger partial charge in [0.1, 0.15) is 14.9 Å². The lowest BCUT2D eigenvalue weighted by molar-refractivity contribution is -0.147. The summed E-state index contributed by atoms with van der Waals surface area (Å²) < 4.78 is 0.581. The van der Waals surface area contributed by atoms with E-state index in [1.807, 2.05) is 6.92 Å². The van der Waals surface area contributed by atoms with Crippen molar-refractivity contribution in [1.29, 1.82) is 0 Å². The van der Waals surface area contributed by atoms with Gasteiger partial charge in [0.2, 0.25) is 5.16 Å². The van der Waals surface area contributed by atoms with Crippen molar-refractivity contribution in [3.8, 4) is 0 Å². The van der Waals surface area contributed by atoms with Gasteiger partial charge in [-0.25, -0.2) is 9.48 Å². The molecule has 4 atom stereocenters. The summed E-state index contributed by atoms with van der Waals surface area (Å²) in [5, 5.41) is 21.1. The second kappa shape index (κ2) is 8.62. The van der Waals surface area contributed by atoms with Crippen LogP contribution < -0.4 is 0 Å². The van der Waals surface area contributed by atoms with E-state index >= 15 is 0 Å². The number of aliphatic imine (C=N–C) groups is 1. The van der Waals surface area contributed by atoms with Gasteiger partial charge in [-0.15, -0.1) is 16.9 Å². The highest BCUT2D eigenvalue weighted by Gasteiger charge is 2.53.